The average molecular weight is 249 g/mol. The SMILES string of the molecule is CCc1cnc(C(C)NC2CCCC2C#N)s1. The Morgan fingerprint density at radius 1 is 1.65 bits per heavy atom. The van der Waals surface area contributed by atoms with Gasteiger partial charge in [-0.15, -0.1) is 11.3 Å². The topological polar surface area (TPSA) is 48.7 Å². The molecular formula is C13H19N3S. The van der Waals surface area contributed by atoms with Crippen molar-refractivity contribution in [3.63, 3.8) is 0 Å². The van der Waals surface area contributed by atoms with E-state index in [9.17, 15) is 0 Å². The second-order valence-electron chi connectivity index (χ2n) is 4.68. The van der Waals surface area contributed by atoms with Crippen LogP contribution in [0.1, 0.15) is 49.0 Å². The van der Waals surface area contributed by atoms with Crippen LogP contribution in [0.2, 0.25) is 0 Å². The summed E-state index contributed by atoms with van der Waals surface area (Å²) in [6.07, 6.45) is 6.34. The fourth-order valence-corrected chi connectivity index (χ4v) is 3.26. The van der Waals surface area contributed by atoms with E-state index in [-0.39, 0.29) is 12.0 Å². The van der Waals surface area contributed by atoms with Gasteiger partial charge in [0.2, 0.25) is 0 Å². The minimum atomic E-state index is 0.183. The van der Waals surface area contributed by atoms with Crippen LogP contribution in [0, 0.1) is 17.2 Å². The van der Waals surface area contributed by atoms with Crippen LogP contribution < -0.4 is 5.32 Å². The normalized spacial score (nSPS) is 25.7. The zero-order chi connectivity index (χ0) is 12.3. The largest absolute Gasteiger partial charge is 0.304 e. The Kier molecular flexibility index (Phi) is 4.14. The maximum atomic E-state index is 9.06. The summed E-state index contributed by atoms with van der Waals surface area (Å²) in [5.74, 6) is 0.183. The highest BCUT2D eigenvalue weighted by Gasteiger charge is 2.28. The Balaban J connectivity index is 1.96. The number of aryl methyl sites for hydroxylation is 1. The highest BCUT2D eigenvalue weighted by Crippen LogP contribution is 2.28. The molecule has 1 N–H and O–H groups in total. The fraction of sp³-hybridized carbons (Fsp3) is 0.692. The van der Waals surface area contributed by atoms with Gasteiger partial charge in [-0.1, -0.05) is 13.3 Å². The molecule has 17 heavy (non-hydrogen) atoms. The molecule has 0 bridgehead atoms. The minimum Gasteiger partial charge on any atom is -0.304 e. The molecular weight excluding hydrogens is 230 g/mol. The van der Waals surface area contributed by atoms with Crippen LogP contribution in [0.4, 0.5) is 0 Å². The number of hydrogen-bond donors (Lipinski definition) is 1. The molecule has 0 saturated heterocycles. The number of aromatic nitrogens is 1. The lowest BCUT2D eigenvalue weighted by Gasteiger charge is -2.19. The molecule has 1 aromatic heterocycles. The zero-order valence-corrected chi connectivity index (χ0v) is 11.3. The van der Waals surface area contributed by atoms with E-state index < -0.39 is 0 Å². The number of nitriles is 1. The number of hydrogen-bond acceptors (Lipinski definition) is 4. The van der Waals surface area contributed by atoms with E-state index in [2.05, 4.69) is 30.2 Å². The molecule has 1 fully saturated rings. The first-order valence-electron chi connectivity index (χ1n) is 6.34. The van der Waals surface area contributed by atoms with Crippen molar-refractivity contribution < 1.29 is 0 Å². The monoisotopic (exact) mass is 249 g/mol. The molecule has 0 amide bonds. The van der Waals surface area contributed by atoms with E-state index in [4.69, 9.17) is 5.26 Å². The Labute approximate surface area is 107 Å². The molecule has 2 rings (SSSR count). The summed E-state index contributed by atoms with van der Waals surface area (Å²) in [4.78, 5) is 5.78. The molecule has 1 aliphatic rings. The predicted octanol–water partition coefficient (Wildman–Crippen LogP) is 3.05. The van der Waals surface area contributed by atoms with Gasteiger partial charge in [0, 0.05) is 17.1 Å². The summed E-state index contributed by atoms with van der Waals surface area (Å²) in [6.45, 7) is 4.29. The Morgan fingerprint density at radius 3 is 3.12 bits per heavy atom. The molecule has 0 radical (unpaired) electrons. The molecule has 0 aromatic carbocycles. The molecule has 3 unspecified atom stereocenters. The van der Waals surface area contributed by atoms with Crippen LogP contribution in [-0.4, -0.2) is 11.0 Å². The lowest BCUT2D eigenvalue weighted by molar-refractivity contribution is 0.417. The minimum absolute atomic E-state index is 0.183. The van der Waals surface area contributed by atoms with Gasteiger partial charge in [-0.05, 0) is 26.2 Å². The van der Waals surface area contributed by atoms with Crippen LogP contribution >= 0.6 is 11.3 Å². The van der Waals surface area contributed by atoms with Crippen LogP contribution in [0.25, 0.3) is 0 Å². The maximum absolute atomic E-state index is 9.06. The molecule has 1 aromatic rings. The zero-order valence-electron chi connectivity index (χ0n) is 10.4. The van der Waals surface area contributed by atoms with Gasteiger partial charge in [-0.2, -0.15) is 5.26 Å². The Hall–Kier alpha value is -0.920. The first-order valence-corrected chi connectivity index (χ1v) is 7.16. The van der Waals surface area contributed by atoms with Crippen molar-refractivity contribution >= 4 is 11.3 Å². The van der Waals surface area contributed by atoms with Crippen LogP contribution in [0.15, 0.2) is 6.20 Å². The first kappa shape index (κ1) is 12.5. The molecule has 0 spiro atoms. The third kappa shape index (κ3) is 2.85. The third-order valence-electron chi connectivity index (χ3n) is 3.44. The van der Waals surface area contributed by atoms with Crippen molar-refractivity contribution in [2.45, 2.75) is 51.6 Å². The predicted molar refractivity (Wildman–Crippen MR) is 69.8 cm³/mol. The number of nitrogens with one attached hydrogen (secondary N) is 1. The van der Waals surface area contributed by atoms with E-state index in [0.29, 0.717) is 6.04 Å². The van der Waals surface area contributed by atoms with Crippen molar-refractivity contribution in [3.8, 4) is 6.07 Å². The molecule has 3 atom stereocenters. The average Bonchev–Trinajstić information content (AvgIpc) is 2.96. The maximum Gasteiger partial charge on any atom is 0.109 e. The highest BCUT2D eigenvalue weighted by molar-refractivity contribution is 7.11. The van der Waals surface area contributed by atoms with E-state index in [0.717, 1.165) is 24.3 Å². The highest BCUT2D eigenvalue weighted by atomic mass is 32.1. The lowest BCUT2D eigenvalue weighted by atomic mass is 10.1. The molecule has 0 aliphatic heterocycles. The Bertz CT molecular complexity index is 407. The molecule has 4 heteroatoms. The van der Waals surface area contributed by atoms with Gasteiger partial charge in [-0.25, -0.2) is 4.98 Å². The number of thiazole rings is 1. The lowest BCUT2D eigenvalue weighted by Crippen LogP contribution is -2.33. The van der Waals surface area contributed by atoms with Gasteiger partial charge < -0.3 is 5.32 Å². The van der Waals surface area contributed by atoms with Gasteiger partial charge in [0.15, 0.2) is 0 Å². The fourth-order valence-electron chi connectivity index (χ4n) is 2.39. The second kappa shape index (κ2) is 5.61. The molecule has 1 aliphatic carbocycles. The van der Waals surface area contributed by atoms with Crippen molar-refractivity contribution in [3.05, 3.63) is 16.1 Å². The van der Waals surface area contributed by atoms with Crippen LogP contribution in [0.3, 0.4) is 0 Å². The summed E-state index contributed by atoms with van der Waals surface area (Å²) < 4.78 is 0. The van der Waals surface area contributed by atoms with E-state index in [1.807, 2.05) is 6.20 Å². The molecule has 3 nitrogen and oxygen atoms in total. The quantitative estimate of drug-likeness (QED) is 0.892. The summed E-state index contributed by atoms with van der Waals surface area (Å²) in [5.41, 5.74) is 0. The Morgan fingerprint density at radius 2 is 2.47 bits per heavy atom. The van der Waals surface area contributed by atoms with Gasteiger partial charge in [-0.3, -0.25) is 0 Å². The van der Waals surface area contributed by atoms with Crippen LogP contribution in [0.5, 0.6) is 0 Å². The van der Waals surface area contributed by atoms with Gasteiger partial charge in [0.05, 0.1) is 18.0 Å². The number of rotatable bonds is 4. The standard InChI is InChI=1S/C13H19N3S/c1-3-11-8-15-13(17-11)9(2)16-12-6-4-5-10(12)7-14/h8-10,12,16H,3-6H2,1-2H3. The van der Waals surface area contributed by atoms with E-state index >= 15 is 0 Å². The molecule has 1 heterocycles. The van der Waals surface area contributed by atoms with Crippen molar-refractivity contribution in [1.29, 1.82) is 5.26 Å². The summed E-state index contributed by atoms with van der Waals surface area (Å²) in [5, 5.41) is 13.8. The van der Waals surface area contributed by atoms with Crippen molar-refractivity contribution in [2.75, 3.05) is 0 Å². The van der Waals surface area contributed by atoms with E-state index in [1.165, 1.54) is 11.3 Å². The van der Waals surface area contributed by atoms with Crippen molar-refractivity contribution in [2.24, 2.45) is 5.92 Å². The van der Waals surface area contributed by atoms with Gasteiger partial charge in [0.25, 0.3) is 0 Å². The smallest absolute Gasteiger partial charge is 0.109 e. The molecule has 1 saturated carbocycles. The van der Waals surface area contributed by atoms with Crippen molar-refractivity contribution in [1.82, 2.24) is 10.3 Å². The summed E-state index contributed by atoms with van der Waals surface area (Å²) in [6, 6.07) is 3.02. The van der Waals surface area contributed by atoms with Gasteiger partial charge >= 0.3 is 0 Å². The van der Waals surface area contributed by atoms with Crippen LogP contribution in [-0.2, 0) is 6.42 Å². The summed E-state index contributed by atoms with van der Waals surface area (Å²) in [7, 11) is 0. The van der Waals surface area contributed by atoms with Gasteiger partial charge in [0.1, 0.15) is 5.01 Å². The summed E-state index contributed by atoms with van der Waals surface area (Å²) >= 11 is 1.78. The van der Waals surface area contributed by atoms with E-state index in [1.54, 1.807) is 11.3 Å². The third-order valence-corrected chi connectivity index (χ3v) is 4.76. The second-order valence-corrected chi connectivity index (χ2v) is 5.83. The molecule has 92 valence electrons. The first-order chi connectivity index (χ1) is 8.24. The number of nitrogens with zero attached hydrogens (tertiary/aromatic N) is 2.